The molecule has 0 aromatic carbocycles. The van der Waals surface area contributed by atoms with Crippen molar-refractivity contribution < 1.29 is 4.39 Å². The molecule has 1 fully saturated rings. The van der Waals surface area contributed by atoms with Crippen LogP contribution in [-0.2, 0) is 0 Å². The molecule has 0 saturated carbocycles. The van der Waals surface area contributed by atoms with Gasteiger partial charge in [-0.15, -0.1) is 0 Å². The lowest BCUT2D eigenvalue weighted by atomic mass is 9.93. The first kappa shape index (κ1) is 7.99. The zero-order valence-corrected chi connectivity index (χ0v) is 6.57. The minimum atomic E-state index is -0.576. The van der Waals surface area contributed by atoms with Gasteiger partial charge in [0.15, 0.2) is 0 Å². The summed E-state index contributed by atoms with van der Waals surface area (Å²) in [7, 11) is 0. The van der Waals surface area contributed by atoms with E-state index < -0.39 is 6.17 Å². The van der Waals surface area contributed by atoms with Gasteiger partial charge in [0, 0.05) is 12.5 Å². The van der Waals surface area contributed by atoms with Crippen LogP contribution in [-0.4, -0.2) is 19.3 Å². The highest BCUT2D eigenvalue weighted by molar-refractivity contribution is 4.74. The third-order valence-corrected chi connectivity index (χ3v) is 2.24. The number of alkyl halides is 1. The van der Waals surface area contributed by atoms with Crippen molar-refractivity contribution in [3.05, 3.63) is 0 Å². The van der Waals surface area contributed by atoms with Crippen molar-refractivity contribution in [1.29, 1.82) is 0 Å². The van der Waals surface area contributed by atoms with E-state index >= 15 is 0 Å². The first-order valence-corrected chi connectivity index (χ1v) is 4.19. The van der Waals surface area contributed by atoms with Gasteiger partial charge >= 0.3 is 0 Å². The number of rotatable bonds is 2. The topological polar surface area (TPSA) is 12.0 Å². The highest BCUT2D eigenvalue weighted by atomic mass is 19.1. The Hall–Kier alpha value is -0.110. The number of nitrogens with one attached hydrogen (secondary N) is 1. The largest absolute Gasteiger partial charge is 0.316 e. The molecule has 10 heavy (non-hydrogen) atoms. The number of hydrogen-bond acceptors (Lipinski definition) is 1. The van der Waals surface area contributed by atoms with E-state index in [1.54, 1.807) is 0 Å². The molecule has 1 N–H and O–H groups in total. The Labute approximate surface area is 62.0 Å². The standard InChI is InChI=1S/C8H16FN/c1-2-8(9)7-4-3-5-10-6-7/h7-8,10H,2-6H2,1H3/t7-,8-/m1/s1. The minimum Gasteiger partial charge on any atom is -0.316 e. The average molecular weight is 145 g/mol. The van der Waals surface area contributed by atoms with Crippen molar-refractivity contribution >= 4 is 0 Å². The first-order valence-electron chi connectivity index (χ1n) is 4.19. The average Bonchev–Trinajstić information content (AvgIpc) is 2.05. The fourth-order valence-electron chi connectivity index (χ4n) is 1.52. The van der Waals surface area contributed by atoms with Gasteiger partial charge in [-0.25, -0.2) is 4.39 Å². The maximum absolute atomic E-state index is 13.0. The lowest BCUT2D eigenvalue weighted by molar-refractivity contribution is 0.187. The molecule has 1 nitrogen and oxygen atoms in total. The molecule has 0 unspecified atom stereocenters. The predicted octanol–water partition coefficient (Wildman–Crippen LogP) is 1.73. The third-order valence-electron chi connectivity index (χ3n) is 2.24. The molecule has 1 aliphatic rings. The Morgan fingerprint density at radius 1 is 1.70 bits per heavy atom. The summed E-state index contributed by atoms with van der Waals surface area (Å²) >= 11 is 0. The zero-order chi connectivity index (χ0) is 7.40. The van der Waals surface area contributed by atoms with Crippen molar-refractivity contribution in [3.8, 4) is 0 Å². The van der Waals surface area contributed by atoms with Crippen LogP contribution in [0.25, 0.3) is 0 Å². The van der Waals surface area contributed by atoms with Crippen LogP contribution in [0.5, 0.6) is 0 Å². The summed E-state index contributed by atoms with van der Waals surface area (Å²) in [5.74, 6) is 0.291. The molecule has 0 spiro atoms. The minimum absolute atomic E-state index is 0.291. The lowest BCUT2D eigenvalue weighted by Gasteiger charge is -2.24. The van der Waals surface area contributed by atoms with E-state index in [0.717, 1.165) is 25.9 Å². The molecule has 0 amide bonds. The van der Waals surface area contributed by atoms with Gasteiger partial charge < -0.3 is 5.32 Å². The van der Waals surface area contributed by atoms with Crippen LogP contribution in [0, 0.1) is 5.92 Å². The Morgan fingerprint density at radius 2 is 2.50 bits per heavy atom. The van der Waals surface area contributed by atoms with Gasteiger partial charge in [0.2, 0.25) is 0 Å². The molecule has 1 heterocycles. The smallest absolute Gasteiger partial charge is 0.104 e. The summed E-state index contributed by atoms with van der Waals surface area (Å²) < 4.78 is 13.0. The molecule has 0 aliphatic carbocycles. The fourth-order valence-corrected chi connectivity index (χ4v) is 1.52. The summed E-state index contributed by atoms with van der Waals surface area (Å²) in [4.78, 5) is 0. The molecular formula is C8H16FN. The summed E-state index contributed by atoms with van der Waals surface area (Å²) in [6, 6.07) is 0. The Kier molecular flexibility index (Phi) is 3.13. The number of hydrogen-bond donors (Lipinski definition) is 1. The predicted molar refractivity (Wildman–Crippen MR) is 40.8 cm³/mol. The van der Waals surface area contributed by atoms with E-state index in [9.17, 15) is 4.39 Å². The van der Waals surface area contributed by atoms with Gasteiger partial charge in [0.05, 0.1) is 0 Å². The van der Waals surface area contributed by atoms with E-state index in [1.807, 2.05) is 6.92 Å². The van der Waals surface area contributed by atoms with Crippen LogP contribution in [0.15, 0.2) is 0 Å². The van der Waals surface area contributed by atoms with Crippen LogP contribution in [0.1, 0.15) is 26.2 Å². The second-order valence-corrected chi connectivity index (χ2v) is 3.03. The molecule has 1 aliphatic heterocycles. The van der Waals surface area contributed by atoms with Gasteiger partial charge in [0.25, 0.3) is 0 Å². The van der Waals surface area contributed by atoms with E-state index in [4.69, 9.17) is 0 Å². The van der Waals surface area contributed by atoms with E-state index in [2.05, 4.69) is 5.32 Å². The summed E-state index contributed by atoms with van der Waals surface area (Å²) in [6.45, 7) is 3.88. The number of halogens is 1. The molecule has 0 aromatic rings. The third kappa shape index (κ3) is 1.94. The van der Waals surface area contributed by atoms with Crippen LogP contribution in [0.3, 0.4) is 0 Å². The van der Waals surface area contributed by atoms with Crippen LogP contribution < -0.4 is 5.32 Å². The second-order valence-electron chi connectivity index (χ2n) is 3.03. The first-order chi connectivity index (χ1) is 4.84. The molecule has 0 bridgehead atoms. The summed E-state index contributed by atoms with van der Waals surface area (Å²) in [5, 5.41) is 3.21. The van der Waals surface area contributed by atoms with Crippen molar-refractivity contribution in [1.82, 2.24) is 5.32 Å². The van der Waals surface area contributed by atoms with Gasteiger partial charge in [-0.2, -0.15) is 0 Å². The Morgan fingerprint density at radius 3 is 3.00 bits per heavy atom. The maximum Gasteiger partial charge on any atom is 0.104 e. The maximum atomic E-state index is 13.0. The SMILES string of the molecule is CC[C@@H](F)[C@@H]1CCCNC1. The molecule has 60 valence electrons. The Bertz CT molecular complexity index is 89.3. The molecule has 1 rings (SSSR count). The monoisotopic (exact) mass is 145 g/mol. The van der Waals surface area contributed by atoms with E-state index in [-0.39, 0.29) is 0 Å². The normalized spacial score (nSPS) is 30.0. The summed E-state index contributed by atoms with van der Waals surface area (Å²) in [6.07, 6.45) is 2.31. The van der Waals surface area contributed by atoms with Crippen LogP contribution in [0.2, 0.25) is 0 Å². The van der Waals surface area contributed by atoms with Crippen molar-refractivity contribution in [3.63, 3.8) is 0 Å². The molecule has 2 atom stereocenters. The van der Waals surface area contributed by atoms with E-state index in [0.29, 0.717) is 12.3 Å². The van der Waals surface area contributed by atoms with Crippen molar-refractivity contribution in [2.45, 2.75) is 32.4 Å². The molecular weight excluding hydrogens is 129 g/mol. The molecule has 0 aromatic heterocycles. The van der Waals surface area contributed by atoms with Gasteiger partial charge in [0.1, 0.15) is 6.17 Å². The fraction of sp³-hybridized carbons (Fsp3) is 1.00. The van der Waals surface area contributed by atoms with Gasteiger partial charge in [-0.05, 0) is 25.8 Å². The van der Waals surface area contributed by atoms with E-state index in [1.165, 1.54) is 0 Å². The Balaban J connectivity index is 2.24. The highest BCUT2D eigenvalue weighted by Crippen LogP contribution is 2.18. The van der Waals surface area contributed by atoms with Crippen LogP contribution in [0.4, 0.5) is 4.39 Å². The van der Waals surface area contributed by atoms with Crippen molar-refractivity contribution in [2.24, 2.45) is 5.92 Å². The lowest BCUT2D eigenvalue weighted by Crippen LogP contribution is -2.34. The van der Waals surface area contributed by atoms with Gasteiger partial charge in [-0.1, -0.05) is 6.92 Å². The molecule has 1 saturated heterocycles. The molecule has 0 radical (unpaired) electrons. The number of piperidine rings is 1. The summed E-state index contributed by atoms with van der Waals surface area (Å²) in [5.41, 5.74) is 0. The van der Waals surface area contributed by atoms with Crippen molar-refractivity contribution in [2.75, 3.05) is 13.1 Å². The van der Waals surface area contributed by atoms with Gasteiger partial charge in [-0.3, -0.25) is 0 Å². The second kappa shape index (κ2) is 3.91. The highest BCUT2D eigenvalue weighted by Gasteiger charge is 2.20. The zero-order valence-electron chi connectivity index (χ0n) is 6.57. The quantitative estimate of drug-likeness (QED) is 0.624. The van der Waals surface area contributed by atoms with Crippen LogP contribution >= 0.6 is 0 Å². The molecule has 2 heteroatoms.